The largest absolute Gasteiger partial charge is 0.389 e. The quantitative estimate of drug-likeness (QED) is 0.375. The second-order valence-corrected chi connectivity index (χ2v) is 6.06. The third-order valence-corrected chi connectivity index (χ3v) is 3.82. The fourth-order valence-corrected chi connectivity index (χ4v) is 2.18. The summed E-state index contributed by atoms with van der Waals surface area (Å²) in [5, 5.41) is 19.6. The van der Waals surface area contributed by atoms with Crippen molar-refractivity contribution in [2.45, 2.75) is 51.7 Å². The molecule has 0 spiro atoms. The zero-order chi connectivity index (χ0) is 18.4. The lowest BCUT2D eigenvalue weighted by molar-refractivity contribution is -0.134. The van der Waals surface area contributed by atoms with E-state index in [1.54, 1.807) is 48.4 Å². The van der Waals surface area contributed by atoms with Gasteiger partial charge in [0.1, 0.15) is 0 Å². The summed E-state index contributed by atoms with van der Waals surface area (Å²) < 4.78 is 0. The molecule has 24 heavy (non-hydrogen) atoms. The minimum atomic E-state index is -0.648. The van der Waals surface area contributed by atoms with Crippen LogP contribution in [0.5, 0.6) is 0 Å². The fourth-order valence-electron chi connectivity index (χ4n) is 2.18. The highest BCUT2D eigenvalue weighted by molar-refractivity contribution is 5.78. The van der Waals surface area contributed by atoms with Crippen LogP contribution in [-0.4, -0.2) is 53.4 Å². The molecule has 0 aromatic heterocycles. The Bertz CT molecular complexity index is 419. The van der Waals surface area contributed by atoms with Crippen LogP contribution in [0.2, 0.25) is 0 Å². The number of aliphatic hydroxyl groups is 2. The number of nitrogens with two attached hydrogens (primary N) is 1. The molecule has 0 aliphatic heterocycles. The molecule has 0 aliphatic rings. The minimum absolute atomic E-state index is 0.0482. The molecule has 3 atom stereocenters. The Morgan fingerprint density at radius 1 is 1.08 bits per heavy atom. The van der Waals surface area contributed by atoms with Gasteiger partial charge in [0.2, 0.25) is 5.91 Å². The summed E-state index contributed by atoms with van der Waals surface area (Å²) in [6.07, 6.45) is 12.4. The molecule has 138 valence electrons. The molecule has 0 radical (unpaired) electrons. The molecule has 1 amide bonds. The van der Waals surface area contributed by atoms with E-state index in [-0.39, 0.29) is 11.8 Å². The zero-order valence-corrected chi connectivity index (χ0v) is 15.3. The average molecular weight is 338 g/mol. The Hall–Kier alpha value is -1.43. The van der Waals surface area contributed by atoms with Gasteiger partial charge in [-0.2, -0.15) is 0 Å². The van der Waals surface area contributed by atoms with Gasteiger partial charge < -0.3 is 20.8 Å². The molecule has 0 rings (SSSR count). The minimum Gasteiger partial charge on any atom is -0.389 e. The van der Waals surface area contributed by atoms with E-state index in [1.165, 1.54) is 0 Å². The number of carbonyl (C=O) groups excluding carboxylic acids is 1. The molecule has 5 heteroatoms. The number of carbonyl (C=O) groups is 1. The first-order valence-electron chi connectivity index (χ1n) is 8.75. The monoisotopic (exact) mass is 338 g/mol. The summed E-state index contributed by atoms with van der Waals surface area (Å²) in [5.74, 6) is -0.158. The Labute approximate surface area is 146 Å². The lowest BCUT2D eigenvalue weighted by atomic mass is 10.0. The van der Waals surface area contributed by atoms with Crippen molar-refractivity contribution < 1.29 is 15.0 Å². The molecule has 0 heterocycles. The summed E-state index contributed by atoms with van der Waals surface area (Å²) in [6, 6.07) is 0. The predicted molar refractivity (Wildman–Crippen MR) is 99.4 cm³/mol. The Morgan fingerprint density at radius 2 is 1.67 bits per heavy atom. The van der Waals surface area contributed by atoms with Crippen LogP contribution in [0.1, 0.15) is 39.5 Å². The van der Waals surface area contributed by atoms with Crippen molar-refractivity contribution in [3.8, 4) is 0 Å². The summed E-state index contributed by atoms with van der Waals surface area (Å²) in [7, 11) is 1.76. The van der Waals surface area contributed by atoms with Gasteiger partial charge >= 0.3 is 0 Å². The first kappa shape index (κ1) is 22.6. The smallest absolute Gasteiger partial charge is 0.225 e. The predicted octanol–water partition coefficient (Wildman–Crippen LogP) is 2.01. The van der Waals surface area contributed by atoms with Gasteiger partial charge in [0.05, 0.1) is 12.2 Å². The summed E-state index contributed by atoms with van der Waals surface area (Å²) >= 11 is 0. The molecule has 0 saturated heterocycles. The summed E-state index contributed by atoms with van der Waals surface area (Å²) in [4.78, 5) is 13.6. The first-order valence-corrected chi connectivity index (χ1v) is 8.75. The van der Waals surface area contributed by atoms with Crippen LogP contribution in [0, 0.1) is 5.92 Å². The van der Waals surface area contributed by atoms with Crippen molar-refractivity contribution in [3.05, 3.63) is 36.5 Å². The topological polar surface area (TPSA) is 86.8 Å². The number of nitrogens with zero attached hydrogens (tertiary/aromatic N) is 1. The molecule has 5 nitrogen and oxygen atoms in total. The van der Waals surface area contributed by atoms with Gasteiger partial charge in [-0.25, -0.2) is 0 Å². The highest BCUT2D eigenvalue weighted by atomic mass is 16.3. The lowest BCUT2D eigenvalue weighted by Crippen LogP contribution is -2.32. The van der Waals surface area contributed by atoms with Crippen LogP contribution in [0.15, 0.2) is 36.5 Å². The van der Waals surface area contributed by atoms with Crippen molar-refractivity contribution in [3.63, 3.8) is 0 Å². The van der Waals surface area contributed by atoms with Crippen LogP contribution in [-0.2, 0) is 4.79 Å². The van der Waals surface area contributed by atoms with Gasteiger partial charge in [-0.3, -0.25) is 4.79 Å². The number of hydrogen-bond donors (Lipinski definition) is 3. The second-order valence-electron chi connectivity index (χ2n) is 6.06. The van der Waals surface area contributed by atoms with Gasteiger partial charge in [-0.1, -0.05) is 43.4 Å². The molecule has 4 N–H and O–H groups in total. The Balaban J connectivity index is 4.10. The Morgan fingerprint density at radius 3 is 2.21 bits per heavy atom. The second kappa shape index (κ2) is 14.0. The van der Waals surface area contributed by atoms with Crippen LogP contribution in [0.25, 0.3) is 0 Å². The normalized spacial score (nSPS) is 16.1. The van der Waals surface area contributed by atoms with Gasteiger partial charge in [-0.15, -0.1) is 0 Å². The summed E-state index contributed by atoms with van der Waals surface area (Å²) in [5.41, 5.74) is 5.40. The number of aliphatic hydroxyl groups excluding tert-OH is 2. The van der Waals surface area contributed by atoms with Gasteiger partial charge in [0.15, 0.2) is 0 Å². The van der Waals surface area contributed by atoms with Crippen LogP contribution < -0.4 is 5.73 Å². The fraction of sp³-hybridized carbons (Fsp3) is 0.632. The number of amides is 1. The summed E-state index contributed by atoms with van der Waals surface area (Å²) in [6.45, 7) is 5.08. The number of rotatable bonds is 12. The third kappa shape index (κ3) is 11.2. The van der Waals surface area contributed by atoms with Crippen LogP contribution in [0.4, 0.5) is 0 Å². The molecule has 3 unspecified atom stereocenters. The molecule has 0 saturated carbocycles. The van der Waals surface area contributed by atoms with E-state index in [4.69, 9.17) is 5.73 Å². The first-order chi connectivity index (χ1) is 11.4. The van der Waals surface area contributed by atoms with E-state index >= 15 is 0 Å². The molecular weight excluding hydrogens is 304 g/mol. The van der Waals surface area contributed by atoms with E-state index in [0.717, 1.165) is 12.8 Å². The van der Waals surface area contributed by atoms with Crippen LogP contribution >= 0.6 is 0 Å². The zero-order valence-electron chi connectivity index (χ0n) is 15.3. The molecule has 0 fully saturated rings. The van der Waals surface area contributed by atoms with Crippen molar-refractivity contribution in [1.29, 1.82) is 0 Å². The average Bonchev–Trinajstić information content (AvgIpc) is 2.56. The molecule has 0 aromatic rings. The highest BCUT2D eigenvalue weighted by Crippen LogP contribution is 2.10. The molecular formula is C19H34N2O3. The number of allylic oxidation sites excluding steroid dienone is 4. The van der Waals surface area contributed by atoms with E-state index in [1.807, 2.05) is 13.8 Å². The van der Waals surface area contributed by atoms with Gasteiger partial charge in [0.25, 0.3) is 0 Å². The highest BCUT2D eigenvalue weighted by Gasteiger charge is 2.18. The SMILES string of the molecule is CCN(C)C(=O)C(C)CC(O)C=CC=CC=CC(O)CCCCN. The lowest BCUT2D eigenvalue weighted by Gasteiger charge is -2.20. The van der Waals surface area contributed by atoms with E-state index < -0.39 is 12.2 Å². The van der Waals surface area contributed by atoms with E-state index in [2.05, 4.69) is 0 Å². The standard InChI is InChI=1S/C19H34N2O3/c1-4-21(3)19(24)16(2)15-18(23)13-8-6-5-7-11-17(22)12-9-10-14-20/h5-8,11,13,16-18,22-23H,4,9-10,12,14-15,20H2,1-3H3. The Kier molecular flexibility index (Phi) is 13.1. The maximum absolute atomic E-state index is 11.9. The van der Waals surface area contributed by atoms with Crippen LogP contribution in [0.3, 0.4) is 0 Å². The molecule has 0 bridgehead atoms. The van der Waals surface area contributed by atoms with Crippen molar-refractivity contribution >= 4 is 5.91 Å². The molecule has 0 aliphatic carbocycles. The van der Waals surface area contributed by atoms with Crippen molar-refractivity contribution in [1.82, 2.24) is 4.90 Å². The van der Waals surface area contributed by atoms with E-state index in [0.29, 0.717) is 25.9 Å². The number of hydrogen-bond acceptors (Lipinski definition) is 4. The van der Waals surface area contributed by atoms with E-state index in [9.17, 15) is 15.0 Å². The van der Waals surface area contributed by atoms with Gasteiger partial charge in [-0.05, 0) is 39.2 Å². The maximum Gasteiger partial charge on any atom is 0.225 e. The number of unbranched alkanes of at least 4 members (excludes halogenated alkanes) is 1. The third-order valence-electron chi connectivity index (χ3n) is 3.82. The van der Waals surface area contributed by atoms with Crippen molar-refractivity contribution in [2.24, 2.45) is 11.7 Å². The maximum atomic E-state index is 11.9. The van der Waals surface area contributed by atoms with Crippen molar-refractivity contribution in [2.75, 3.05) is 20.1 Å². The van der Waals surface area contributed by atoms with Gasteiger partial charge in [0, 0.05) is 19.5 Å². The molecule has 0 aromatic carbocycles.